The van der Waals surface area contributed by atoms with Crippen LogP contribution in [0.1, 0.15) is 79.8 Å². The lowest BCUT2D eigenvalue weighted by atomic mass is 9.44. The number of amides is 1. The van der Waals surface area contributed by atoms with Crippen LogP contribution in [0.2, 0.25) is 0 Å². The van der Waals surface area contributed by atoms with Gasteiger partial charge in [-0.2, -0.15) is 0 Å². The second-order valence-electron chi connectivity index (χ2n) is 18.1. The van der Waals surface area contributed by atoms with Crippen molar-refractivity contribution in [2.45, 2.75) is 101 Å². The molecule has 0 radical (unpaired) electrons. The zero-order chi connectivity index (χ0) is 48.6. The SMILES string of the molecule is C=CCOc1cccc([C@H](NC(=O)c2ccccc2)[C@@H](O)C(=O)O[C@H]2C[C@@]3(O)[C@@H](OC(=O)c4ccccc4)[C@@H]4[C@]5(OC(=O)C=C)CO[C@@H]5C[C@H](O)[C@@]4(C)C(=O)[C@H](OC(C)=O)C(=C2C)C3(C)C)c1. The zero-order valence-electron chi connectivity index (χ0n) is 37.8. The zero-order valence-corrected chi connectivity index (χ0v) is 37.8. The Morgan fingerprint density at radius 1 is 0.925 bits per heavy atom. The van der Waals surface area contributed by atoms with Crippen LogP contribution in [0.25, 0.3) is 0 Å². The predicted molar refractivity (Wildman–Crippen MR) is 238 cm³/mol. The van der Waals surface area contributed by atoms with E-state index in [0.717, 1.165) is 13.0 Å². The van der Waals surface area contributed by atoms with E-state index in [4.69, 9.17) is 28.4 Å². The molecular weight excluding hydrogens is 867 g/mol. The van der Waals surface area contributed by atoms with Crippen LogP contribution in [-0.4, -0.2) is 112 Å². The molecule has 1 aliphatic heterocycles. The molecule has 3 aromatic rings. The molecule has 2 bridgehead atoms. The molecule has 7 rings (SSSR count). The third-order valence-corrected chi connectivity index (χ3v) is 14.0. The van der Waals surface area contributed by atoms with Crippen LogP contribution >= 0.6 is 0 Å². The minimum Gasteiger partial charge on any atom is -0.490 e. The fraction of sp³-hybridized carbons (Fsp3) is 0.412. The van der Waals surface area contributed by atoms with Crippen LogP contribution < -0.4 is 10.1 Å². The molecule has 0 unspecified atom stereocenters. The van der Waals surface area contributed by atoms with E-state index in [9.17, 15) is 39.3 Å². The number of aliphatic hydroxyl groups is 3. The van der Waals surface area contributed by atoms with Crippen LogP contribution in [0, 0.1) is 16.7 Å². The molecule has 3 aliphatic carbocycles. The average Bonchev–Trinajstić information content (AvgIpc) is 3.31. The molecular formula is C51H55NO15. The fourth-order valence-electron chi connectivity index (χ4n) is 10.4. The van der Waals surface area contributed by atoms with Gasteiger partial charge in [0.05, 0.1) is 35.6 Å². The second-order valence-corrected chi connectivity index (χ2v) is 18.1. The summed E-state index contributed by atoms with van der Waals surface area (Å²) in [5, 5.41) is 40.7. The van der Waals surface area contributed by atoms with Gasteiger partial charge in [0, 0.05) is 36.8 Å². The van der Waals surface area contributed by atoms with E-state index in [2.05, 4.69) is 18.5 Å². The Balaban J connectivity index is 1.39. The molecule has 3 fully saturated rings. The molecule has 16 heteroatoms. The molecule has 1 amide bonds. The Morgan fingerprint density at radius 3 is 2.18 bits per heavy atom. The highest BCUT2D eigenvalue weighted by molar-refractivity contribution is 5.96. The van der Waals surface area contributed by atoms with Crippen molar-refractivity contribution in [2.75, 3.05) is 13.2 Å². The largest absolute Gasteiger partial charge is 0.490 e. The molecule has 2 saturated carbocycles. The Bertz CT molecular complexity index is 2490. The van der Waals surface area contributed by atoms with Gasteiger partial charge in [-0.05, 0) is 67.0 Å². The summed E-state index contributed by atoms with van der Waals surface area (Å²) in [4.78, 5) is 84.6. The smallest absolute Gasteiger partial charge is 0.338 e. The van der Waals surface area contributed by atoms with Crippen molar-refractivity contribution in [3.05, 3.63) is 138 Å². The van der Waals surface area contributed by atoms with Gasteiger partial charge in [0.2, 0.25) is 0 Å². The van der Waals surface area contributed by atoms with Crippen LogP contribution in [0.15, 0.2) is 121 Å². The first-order chi connectivity index (χ1) is 31.7. The maximum Gasteiger partial charge on any atom is 0.338 e. The van der Waals surface area contributed by atoms with Crippen LogP contribution in [0.3, 0.4) is 0 Å². The van der Waals surface area contributed by atoms with Gasteiger partial charge in [-0.3, -0.25) is 14.4 Å². The van der Waals surface area contributed by atoms with E-state index < -0.39 is 113 Å². The highest BCUT2D eigenvalue weighted by Gasteiger charge is 2.78. The molecule has 0 spiro atoms. The van der Waals surface area contributed by atoms with Crippen molar-refractivity contribution in [2.24, 2.45) is 16.7 Å². The molecule has 1 saturated heterocycles. The number of ether oxygens (including phenoxy) is 6. The average molecular weight is 922 g/mol. The predicted octanol–water partition coefficient (Wildman–Crippen LogP) is 4.47. The van der Waals surface area contributed by atoms with Crippen molar-refractivity contribution in [3.63, 3.8) is 0 Å². The van der Waals surface area contributed by atoms with Gasteiger partial charge in [-0.25, -0.2) is 14.4 Å². The molecule has 67 heavy (non-hydrogen) atoms. The molecule has 3 aromatic carbocycles. The summed E-state index contributed by atoms with van der Waals surface area (Å²) in [6, 6.07) is 20.7. The third kappa shape index (κ3) is 8.47. The number of carbonyl (C=O) groups excluding carboxylic acids is 6. The van der Waals surface area contributed by atoms with E-state index in [1.54, 1.807) is 80.6 Å². The summed E-state index contributed by atoms with van der Waals surface area (Å²) in [6.45, 7) is 14.0. The van der Waals surface area contributed by atoms with Crippen molar-refractivity contribution in [3.8, 4) is 5.75 Å². The van der Waals surface area contributed by atoms with Crippen LogP contribution in [0.4, 0.5) is 0 Å². The number of Topliss-reactive ketones (excluding diaryl/α,β-unsaturated/α-hetero) is 1. The minimum absolute atomic E-state index is 0.0357. The molecule has 11 atom stereocenters. The molecule has 354 valence electrons. The number of aliphatic hydroxyl groups excluding tert-OH is 2. The van der Waals surface area contributed by atoms with E-state index in [0.29, 0.717) is 5.75 Å². The second kappa shape index (κ2) is 18.7. The number of esters is 4. The number of hydrogen-bond acceptors (Lipinski definition) is 15. The van der Waals surface area contributed by atoms with Gasteiger partial charge in [-0.1, -0.05) is 81.6 Å². The molecule has 1 heterocycles. The van der Waals surface area contributed by atoms with Crippen molar-refractivity contribution in [1.29, 1.82) is 0 Å². The summed E-state index contributed by atoms with van der Waals surface area (Å²) < 4.78 is 36.2. The number of rotatable bonds is 14. The topological polar surface area (TPSA) is 231 Å². The van der Waals surface area contributed by atoms with Crippen molar-refractivity contribution >= 4 is 35.6 Å². The fourth-order valence-corrected chi connectivity index (χ4v) is 10.4. The third-order valence-electron chi connectivity index (χ3n) is 14.0. The number of carbonyl (C=O) groups is 6. The lowest BCUT2D eigenvalue weighted by Crippen LogP contribution is -2.82. The van der Waals surface area contributed by atoms with Gasteiger partial charge in [-0.15, -0.1) is 0 Å². The van der Waals surface area contributed by atoms with E-state index in [1.165, 1.54) is 38.1 Å². The van der Waals surface area contributed by atoms with Gasteiger partial charge < -0.3 is 49.1 Å². The minimum atomic E-state index is -2.45. The Hall–Kier alpha value is -6.46. The summed E-state index contributed by atoms with van der Waals surface area (Å²) in [5.41, 5.74) is -7.51. The standard InChI is InChI=1S/C51H55NO15/c1-8-23-62-33-22-16-21-32(24-33)39(52-45(58)30-17-12-10-13-18-30)40(56)47(60)65-34-26-51(61)44(66-46(59)31-19-14-11-15-20-31)42-49(7,35(54)25-36-50(42,27-63-36)67-37(55)9-2)43(57)41(64-29(4)53)38(28(34)3)48(51,5)6/h8-22,24,34-36,39-42,44,54,56,61H,1-2,23,25-27H2,3-7H3,(H,52,58)/t34-,35-,36+,39-,40+,41+,42-,44-,49+,50-,51+/m0/s1. The Morgan fingerprint density at radius 2 is 1.58 bits per heavy atom. The Kier molecular flexibility index (Phi) is 13.5. The Labute approximate surface area is 387 Å². The van der Waals surface area contributed by atoms with Gasteiger partial charge >= 0.3 is 23.9 Å². The lowest BCUT2D eigenvalue weighted by Gasteiger charge is -2.67. The monoisotopic (exact) mass is 921 g/mol. The summed E-state index contributed by atoms with van der Waals surface area (Å²) in [7, 11) is 0. The first kappa shape index (κ1) is 48.5. The number of nitrogens with one attached hydrogen (secondary N) is 1. The summed E-state index contributed by atoms with van der Waals surface area (Å²) in [5.74, 6) is -6.92. The normalized spacial score (nSPS) is 30.2. The van der Waals surface area contributed by atoms with Crippen LogP contribution in [0.5, 0.6) is 5.75 Å². The van der Waals surface area contributed by atoms with Gasteiger partial charge in [0.25, 0.3) is 5.91 Å². The van der Waals surface area contributed by atoms with Crippen molar-refractivity contribution in [1.82, 2.24) is 5.32 Å². The van der Waals surface area contributed by atoms with E-state index in [1.807, 2.05) is 0 Å². The highest BCUT2D eigenvalue weighted by Crippen LogP contribution is 2.64. The molecule has 16 nitrogen and oxygen atoms in total. The van der Waals surface area contributed by atoms with E-state index >= 15 is 4.79 Å². The molecule has 4 N–H and O–H groups in total. The van der Waals surface area contributed by atoms with Crippen molar-refractivity contribution < 1.29 is 72.5 Å². The molecule has 0 aromatic heterocycles. The lowest BCUT2D eigenvalue weighted by molar-refractivity contribution is -0.345. The number of fused-ring (bicyclic) bond motifs is 5. The summed E-state index contributed by atoms with van der Waals surface area (Å²) >= 11 is 0. The van der Waals surface area contributed by atoms with Gasteiger partial charge in [0.1, 0.15) is 36.3 Å². The maximum absolute atomic E-state index is 15.6. The maximum atomic E-state index is 15.6. The highest BCUT2D eigenvalue weighted by atomic mass is 16.6. The van der Waals surface area contributed by atoms with E-state index in [-0.39, 0.29) is 47.5 Å². The number of hydrogen-bond donors (Lipinski definition) is 4. The molecule has 4 aliphatic rings. The number of benzene rings is 3. The summed E-state index contributed by atoms with van der Waals surface area (Å²) in [6.07, 6.45) is -8.53. The van der Waals surface area contributed by atoms with Gasteiger partial charge in [0.15, 0.2) is 23.6 Å². The first-order valence-corrected chi connectivity index (χ1v) is 21.9. The van der Waals surface area contributed by atoms with Crippen LogP contribution in [-0.2, 0) is 42.9 Å². The first-order valence-electron chi connectivity index (χ1n) is 21.9. The number of ketones is 1. The quantitative estimate of drug-likeness (QED) is 0.0757.